The van der Waals surface area contributed by atoms with Crippen LogP contribution in [-0.2, 0) is 11.2 Å². The van der Waals surface area contributed by atoms with Gasteiger partial charge in [0.15, 0.2) is 12.3 Å². The molecular weight excluding hydrogens is 431 g/mol. The second-order valence-corrected chi connectivity index (χ2v) is 8.59. The minimum atomic E-state index is -0.563. The van der Waals surface area contributed by atoms with Crippen molar-refractivity contribution in [2.45, 2.75) is 25.7 Å². The largest absolute Gasteiger partial charge is 0.507 e. The number of ether oxygens (including phenoxy) is 1. The molecule has 1 saturated heterocycles. The van der Waals surface area contributed by atoms with Crippen LogP contribution in [0, 0.1) is 18.3 Å². The first-order valence-electron chi connectivity index (χ1n) is 11.5. The van der Waals surface area contributed by atoms with E-state index in [9.17, 15) is 14.3 Å². The summed E-state index contributed by atoms with van der Waals surface area (Å²) in [6.07, 6.45) is 4.14. The number of phenolic OH excluding ortho intramolecular Hbond substituents is 1. The van der Waals surface area contributed by atoms with E-state index in [0.29, 0.717) is 41.6 Å². The van der Waals surface area contributed by atoms with E-state index in [1.54, 1.807) is 18.2 Å². The standard InChI is InChI=1S/C28H27FN2O3/c1-30-23-10-12-27(25(18-23)24-11-9-22(29)17-26(24)32)34-19-28(33)31-15-13-21(14-16-31)8-7-20-5-3-2-4-6-20/h2-6,9-12,17-18,21,32H,7-8,13-16,19H2. The van der Waals surface area contributed by atoms with Gasteiger partial charge in [0.25, 0.3) is 5.91 Å². The molecule has 1 aliphatic rings. The van der Waals surface area contributed by atoms with Gasteiger partial charge in [0.05, 0.1) is 6.57 Å². The van der Waals surface area contributed by atoms with Gasteiger partial charge in [0.2, 0.25) is 0 Å². The Morgan fingerprint density at radius 2 is 1.82 bits per heavy atom. The van der Waals surface area contributed by atoms with Crippen LogP contribution in [0.4, 0.5) is 10.1 Å². The van der Waals surface area contributed by atoms with E-state index in [2.05, 4.69) is 29.1 Å². The van der Waals surface area contributed by atoms with Gasteiger partial charge in [-0.2, -0.15) is 0 Å². The predicted octanol–water partition coefficient (Wildman–Crippen LogP) is 6.00. The second-order valence-electron chi connectivity index (χ2n) is 8.59. The van der Waals surface area contributed by atoms with Crippen LogP contribution < -0.4 is 4.74 Å². The van der Waals surface area contributed by atoms with E-state index in [1.807, 2.05) is 11.0 Å². The zero-order chi connectivity index (χ0) is 23.9. The molecule has 0 unspecified atom stereocenters. The molecule has 5 nitrogen and oxygen atoms in total. The molecule has 4 rings (SSSR count). The summed E-state index contributed by atoms with van der Waals surface area (Å²) in [4.78, 5) is 18.0. The molecule has 174 valence electrons. The zero-order valence-corrected chi connectivity index (χ0v) is 18.9. The molecule has 0 saturated carbocycles. The van der Waals surface area contributed by atoms with Crippen molar-refractivity contribution in [2.75, 3.05) is 19.7 Å². The maximum absolute atomic E-state index is 13.4. The number of aryl methyl sites for hydroxylation is 1. The maximum atomic E-state index is 13.4. The van der Waals surface area contributed by atoms with E-state index in [0.717, 1.165) is 31.7 Å². The summed E-state index contributed by atoms with van der Waals surface area (Å²) in [5.74, 6) is 0.0631. The number of aromatic hydroxyl groups is 1. The molecular formula is C28H27FN2O3. The van der Waals surface area contributed by atoms with Crippen LogP contribution in [0.5, 0.6) is 11.5 Å². The van der Waals surface area contributed by atoms with Crippen molar-refractivity contribution in [1.82, 2.24) is 4.90 Å². The van der Waals surface area contributed by atoms with Crippen LogP contribution in [0.2, 0.25) is 0 Å². The van der Waals surface area contributed by atoms with Gasteiger partial charge in [-0.1, -0.05) is 36.4 Å². The van der Waals surface area contributed by atoms with Crippen molar-refractivity contribution in [2.24, 2.45) is 5.92 Å². The number of amides is 1. The highest BCUT2D eigenvalue weighted by atomic mass is 19.1. The van der Waals surface area contributed by atoms with Crippen LogP contribution >= 0.6 is 0 Å². The summed E-state index contributed by atoms with van der Waals surface area (Å²) >= 11 is 0. The Hall–Kier alpha value is -3.85. The SMILES string of the molecule is [C-]#[N+]c1ccc(OCC(=O)N2CCC(CCc3ccccc3)CC2)c(-c2ccc(F)cc2O)c1. The van der Waals surface area contributed by atoms with Crippen molar-refractivity contribution in [3.05, 3.63) is 89.5 Å². The van der Waals surface area contributed by atoms with Crippen molar-refractivity contribution >= 4 is 11.6 Å². The van der Waals surface area contributed by atoms with Crippen LogP contribution in [0.3, 0.4) is 0 Å². The van der Waals surface area contributed by atoms with Crippen molar-refractivity contribution in [1.29, 1.82) is 0 Å². The lowest BCUT2D eigenvalue weighted by Crippen LogP contribution is -2.41. The third-order valence-corrected chi connectivity index (χ3v) is 6.34. The van der Waals surface area contributed by atoms with Crippen LogP contribution in [0.25, 0.3) is 16.0 Å². The Labute approximate surface area is 199 Å². The Bertz CT molecular complexity index is 1180. The Morgan fingerprint density at radius 1 is 1.06 bits per heavy atom. The number of likely N-dealkylation sites (tertiary alicyclic amines) is 1. The average molecular weight is 459 g/mol. The molecule has 3 aromatic carbocycles. The van der Waals surface area contributed by atoms with Crippen LogP contribution in [0.15, 0.2) is 66.7 Å². The lowest BCUT2D eigenvalue weighted by molar-refractivity contribution is -0.134. The van der Waals surface area contributed by atoms with E-state index >= 15 is 0 Å². The van der Waals surface area contributed by atoms with Crippen molar-refractivity contribution in [3.63, 3.8) is 0 Å². The van der Waals surface area contributed by atoms with Gasteiger partial charge < -0.3 is 14.7 Å². The number of carbonyl (C=O) groups is 1. The minimum absolute atomic E-state index is 0.0926. The zero-order valence-electron chi connectivity index (χ0n) is 18.9. The number of piperidine rings is 1. The fourth-order valence-electron chi connectivity index (χ4n) is 4.37. The minimum Gasteiger partial charge on any atom is -0.507 e. The van der Waals surface area contributed by atoms with Gasteiger partial charge in [-0.3, -0.25) is 4.79 Å². The molecule has 0 spiro atoms. The molecule has 0 aliphatic carbocycles. The molecule has 1 N–H and O–H groups in total. The number of rotatable bonds is 7. The van der Waals surface area contributed by atoms with E-state index in [-0.39, 0.29) is 18.3 Å². The summed E-state index contributed by atoms with van der Waals surface area (Å²) in [6.45, 7) is 8.55. The fourth-order valence-corrected chi connectivity index (χ4v) is 4.37. The van der Waals surface area contributed by atoms with Crippen molar-refractivity contribution in [3.8, 4) is 22.6 Å². The first-order valence-corrected chi connectivity index (χ1v) is 11.5. The van der Waals surface area contributed by atoms with Gasteiger partial charge in [0, 0.05) is 30.3 Å². The molecule has 34 heavy (non-hydrogen) atoms. The highest BCUT2D eigenvalue weighted by Crippen LogP contribution is 2.38. The Morgan fingerprint density at radius 3 is 2.53 bits per heavy atom. The summed E-state index contributed by atoms with van der Waals surface area (Å²) in [5, 5.41) is 10.2. The summed E-state index contributed by atoms with van der Waals surface area (Å²) in [5.41, 5.74) is 2.49. The summed E-state index contributed by atoms with van der Waals surface area (Å²) < 4.78 is 19.3. The van der Waals surface area contributed by atoms with Crippen LogP contribution in [-0.4, -0.2) is 35.6 Å². The quantitative estimate of drug-likeness (QED) is 0.442. The molecule has 1 aliphatic heterocycles. The first kappa shape index (κ1) is 23.3. The number of nitrogens with zero attached hydrogens (tertiary/aromatic N) is 2. The second kappa shape index (κ2) is 10.8. The molecule has 3 aromatic rings. The number of hydrogen-bond donors (Lipinski definition) is 1. The fraction of sp³-hybridized carbons (Fsp3) is 0.286. The first-order chi connectivity index (χ1) is 16.5. The monoisotopic (exact) mass is 458 g/mol. The van der Waals surface area contributed by atoms with Gasteiger partial charge in [0.1, 0.15) is 17.3 Å². The molecule has 0 aromatic heterocycles. The summed E-state index contributed by atoms with van der Waals surface area (Å²) in [7, 11) is 0. The predicted molar refractivity (Wildman–Crippen MR) is 129 cm³/mol. The molecule has 0 atom stereocenters. The molecule has 0 radical (unpaired) electrons. The number of benzene rings is 3. The van der Waals surface area contributed by atoms with Gasteiger partial charge in [-0.05, 0) is 61.4 Å². The normalized spacial score (nSPS) is 13.9. The van der Waals surface area contributed by atoms with Gasteiger partial charge in [-0.25, -0.2) is 9.24 Å². The third-order valence-electron chi connectivity index (χ3n) is 6.34. The smallest absolute Gasteiger partial charge is 0.260 e. The number of hydrogen-bond acceptors (Lipinski definition) is 3. The summed E-state index contributed by atoms with van der Waals surface area (Å²) in [6, 6.07) is 18.9. The lowest BCUT2D eigenvalue weighted by Gasteiger charge is -2.32. The average Bonchev–Trinajstić information content (AvgIpc) is 2.87. The molecule has 6 heteroatoms. The maximum Gasteiger partial charge on any atom is 0.260 e. The van der Waals surface area contributed by atoms with E-state index in [1.165, 1.54) is 17.7 Å². The number of halogens is 1. The molecule has 1 heterocycles. The highest BCUT2D eigenvalue weighted by Gasteiger charge is 2.23. The van der Waals surface area contributed by atoms with E-state index in [4.69, 9.17) is 11.3 Å². The van der Waals surface area contributed by atoms with Crippen molar-refractivity contribution < 1.29 is 19.0 Å². The lowest BCUT2D eigenvalue weighted by atomic mass is 9.90. The molecule has 0 bridgehead atoms. The highest BCUT2D eigenvalue weighted by molar-refractivity contribution is 5.81. The van der Waals surface area contributed by atoms with Crippen LogP contribution in [0.1, 0.15) is 24.8 Å². The molecule has 1 fully saturated rings. The van der Waals surface area contributed by atoms with Gasteiger partial charge in [-0.15, -0.1) is 0 Å². The number of carbonyl (C=O) groups excluding carboxylic acids is 1. The Kier molecular flexibility index (Phi) is 7.44. The Balaban J connectivity index is 1.35. The number of phenols is 1. The third kappa shape index (κ3) is 5.74. The topological polar surface area (TPSA) is 54.1 Å². The molecule has 1 amide bonds. The van der Waals surface area contributed by atoms with E-state index < -0.39 is 5.82 Å². The van der Waals surface area contributed by atoms with Gasteiger partial charge >= 0.3 is 0 Å².